The van der Waals surface area contributed by atoms with Crippen LogP contribution in [0.3, 0.4) is 0 Å². The monoisotopic (exact) mass is 512 g/mol. The predicted molar refractivity (Wildman–Crippen MR) is 152 cm³/mol. The van der Waals surface area contributed by atoms with Crippen LogP contribution in [0.2, 0.25) is 0 Å². The zero-order chi connectivity index (χ0) is 26.9. The molecule has 1 aliphatic rings. The quantitative estimate of drug-likeness (QED) is 0.358. The first-order valence-corrected chi connectivity index (χ1v) is 13.8. The molecule has 5 nitrogen and oxygen atoms in total. The van der Waals surface area contributed by atoms with Crippen LogP contribution in [-0.4, -0.2) is 35.4 Å². The number of carbonyl (C=O) groups is 2. The minimum atomic E-state index is -0.642. The Hall–Kier alpha value is -3.60. The Balaban J connectivity index is 1.60. The van der Waals surface area contributed by atoms with Crippen molar-refractivity contribution < 1.29 is 14.3 Å². The van der Waals surface area contributed by atoms with E-state index in [-0.39, 0.29) is 24.5 Å². The van der Waals surface area contributed by atoms with E-state index in [9.17, 15) is 9.59 Å². The number of nitrogens with zero attached hydrogens (tertiary/aromatic N) is 1. The molecule has 0 radical (unpaired) electrons. The SMILES string of the molecule is Cc1ccc(CN(C(=O)COc2ccc(C)c(C)c2)[C@H](Cc2ccccc2)C(=O)NC2CCCCC2)cc1. The normalized spacial score (nSPS) is 14.5. The van der Waals surface area contributed by atoms with Crippen molar-refractivity contribution in [2.75, 3.05) is 6.61 Å². The summed E-state index contributed by atoms with van der Waals surface area (Å²) in [6.45, 7) is 6.33. The third kappa shape index (κ3) is 7.70. The first-order valence-electron chi connectivity index (χ1n) is 13.8. The highest BCUT2D eigenvalue weighted by molar-refractivity contribution is 5.88. The number of hydrogen-bond acceptors (Lipinski definition) is 3. The summed E-state index contributed by atoms with van der Waals surface area (Å²) < 4.78 is 5.95. The van der Waals surface area contributed by atoms with Gasteiger partial charge < -0.3 is 15.0 Å². The summed E-state index contributed by atoms with van der Waals surface area (Å²) in [6.07, 6.45) is 5.90. The molecule has 200 valence electrons. The molecule has 1 atom stereocenters. The number of aryl methyl sites for hydroxylation is 3. The zero-order valence-corrected chi connectivity index (χ0v) is 22.9. The molecule has 0 spiro atoms. The molecule has 0 saturated heterocycles. The van der Waals surface area contributed by atoms with E-state index in [2.05, 4.69) is 5.32 Å². The molecule has 0 unspecified atom stereocenters. The second-order valence-electron chi connectivity index (χ2n) is 10.6. The first kappa shape index (κ1) is 27.4. The van der Waals surface area contributed by atoms with Gasteiger partial charge in [0.2, 0.25) is 5.91 Å². The van der Waals surface area contributed by atoms with Gasteiger partial charge in [0, 0.05) is 19.0 Å². The molecule has 0 heterocycles. The van der Waals surface area contributed by atoms with E-state index in [0.29, 0.717) is 18.7 Å². The van der Waals surface area contributed by atoms with Gasteiger partial charge in [0.05, 0.1) is 0 Å². The van der Waals surface area contributed by atoms with Gasteiger partial charge in [-0.3, -0.25) is 9.59 Å². The van der Waals surface area contributed by atoms with Crippen LogP contribution < -0.4 is 10.1 Å². The van der Waals surface area contributed by atoms with Crippen LogP contribution in [0.5, 0.6) is 5.75 Å². The summed E-state index contributed by atoms with van der Waals surface area (Å²) in [5, 5.41) is 3.28. The zero-order valence-electron chi connectivity index (χ0n) is 22.9. The molecule has 2 amide bonds. The van der Waals surface area contributed by atoms with Crippen molar-refractivity contribution in [3.05, 3.63) is 101 Å². The number of carbonyl (C=O) groups excluding carboxylic acids is 2. The van der Waals surface area contributed by atoms with E-state index < -0.39 is 6.04 Å². The minimum Gasteiger partial charge on any atom is -0.484 e. The van der Waals surface area contributed by atoms with E-state index in [1.807, 2.05) is 93.6 Å². The lowest BCUT2D eigenvalue weighted by Gasteiger charge is -2.33. The second-order valence-corrected chi connectivity index (χ2v) is 10.6. The van der Waals surface area contributed by atoms with Gasteiger partial charge in [-0.05, 0) is 68.0 Å². The molecule has 0 aromatic heterocycles. The highest BCUT2D eigenvalue weighted by atomic mass is 16.5. The predicted octanol–water partition coefficient (Wildman–Crippen LogP) is 6.08. The molecule has 3 aromatic rings. The van der Waals surface area contributed by atoms with Crippen LogP contribution >= 0.6 is 0 Å². The molecule has 3 aromatic carbocycles. The Kier molecular flexibility index (Phi) is 9.58. The van der Waals surface area contributed by atoms with Crippen LogP contribution in [0.25, 0.3) is 0 Å². The average Bonchev–Trinajstić information content (AvgIpc) is 2.93. The van der Waals surface area contributed by atoms with E-state index in [1.54, 1.807) is 4.90 Å². The number of rotatable bonds is 10. The van der Waals surface area contributed by atoms with Gasteiger partial charge in [-0.25, -0.2) is 0 Å². The van der Waals surface area contributed by atoms with E-state index in [0.717, 1.165) is 47.9 Å². The largest absolute Gasteiger partial charge is 0.484 e. The van der Waals surface area contributed by atoms with Crippen molar-refractivity contribution in [3.63, 3.8) is 0 Å². The Morgan fingerprint density at radius 2 is 1.58 bits per heavy atom. The molecule has 1 fully saturated rings. The molecule has 5 heteroatoms. The van der Waals surface area contributed by atoms with Crippen molar-refractivity contribution >= 4 is 11.8 Å². The Morgan fingerprint density at radius 3 is 2.26 bits per heavy atom. The lowest BCUT2D eigenvalue weighted by Crippen LogP contribution is -2.53. The molecule has 1 N–H and O–H groups in total. The third-order valence-corrected chi connectivity index (χ3v) is 7.54. The molecule has 1 aliphatic carbocycles. The first-order chi connectivity index (χ1) is 18.4. The van der Waals surface area contributed by atoms with Gasteiger partial charge in [-0.15, -0.1) is 0 Å². The maximum atomic E-state index is 13.8. The lowest BCUT2D eigenvalue weighted by molar-refractivity contribution is -0.143. The van der Waals surface area contributed by atoms with Gasteiger partial charge in [0.25, 0.3) is 5.91 Å². The fourth-order valence-corrected chi connectivity index (χ4v) is 5.02. The number of amides is 2. The highest BCUT2D eigenvalue weighted by Gasteiger charge is 2.32. The minimum absolute atomic E-state index is 0.0904. The summed E-state index contributed by atoms with van der Waals surface area (Å²) in [5.74, 6) is 0.360. The topological polar surface area (TPSA) is 58.6 Å². The number of benzene rings is 3. The van der Waals surface area contributed by atoms with E-state index >= 15 is 0 Å². The maximum Gasteiger partial charge on any atom is 0.261 e. The lowest BCUT2D eigenvalue weighted by atomic mass is 9.94. The van der Waals surface area contributed by atoms with Crippen molar-refractivity contribution in [3.8, 4) is 5.75 Å². The van der Waals surface area contributed by atoms with E-state index in [4.69, 9.17) is 4.74 Å². The fraction of sp³-hybridized carbons (Fsp3) is 0.394. The van der Waals surface area contributed by atoms with E-state index in [1.165, 1.54) is 12.0 Å². The Bertz CT molecular complexity index is 1200. The molecule has 0 aliphatic heterocycles. The molecule has 1 saturated carbocycles. The molecule has 4 rings (SSSR count). The van der Waals surface area contributed by atoms with Gasteiger partial charge >= 0.3 is 0 Å². The number of nitrogens with one attached hydrogen (secondary N) is 1. The summed E-state index contributed by atoms with van der Waals surface area (Å²) in [7, 11) is 0. The van der Waals surface area contributed by atoms with Crippen LogP contribution in [-0.2, 0) is 22.6 Å². The number of ether oxygens (including phenoxy) is 1. The van der Waals surface area contributed by atoms with Gasteiger partial charge in [0.15, 0.2) is 6.61 Å². The van der Waals surface area contributed by atoms with Crippen molar-refractivity contribution in [1.29, 1.82) is 0 Å². The summed E-state index contributed by atoms with van der Waals surface area (Å²) >= 11 is 0. The second kappa shape index (κ2) is 13.3. The van der Waals surface area contributed by atoms with Crippen molar-refractivity contribution in [2.24, 2.45) is 0 Å². The van der Waals surface area contributed by atoms with Gasteiger partial charge in [-0.2, -0.15) is 0 Å². The van der Waals surface area contributed by atoms with Crippen LogP contribution in [0.1, 0.15) is 59.9 Å². The third-order valence-electron chi connectivity index (χ3n) is 7.54. The Labute approximate surface area is 227 Å². The van der Waals surface area contributed by atoms with Crippen LogP contribution in [0.15, 0.2) is 72.8 Å². The fourth-order valence-electron chi connectivity index (χ4n) is 5.02. The van der Waals surface area contributed by atoms with Gasteiger partial charge in [0.1, 0.15) is 11.8 Å². The molecule has 0 bridgehead atoms. The van der Waals surface area contributed by atoms with Gasteiger partial charge in [-0.1, -0.05) is 85.5 Å². The van der Waals surface area contributed by atoms with Crippen LogP contribution in [0, 0.1) is 20.8 Å². The van der Waals surface area contributed by atoms with Crippen molar-refractivity contribution in [2.45, 2.75) is 77.9 Å². The molecule has 38 heavy (non-hydrogen) atoms. The maximum absolute atomic E-state index is 13.8. The highest BCUT2D eigenvalue weighted by Crippen LogP contribution is 2.21. The molecular weight excluding hydrogens is 472 g/mol. The smallest absolute Gasteiger partial charge is 0.261 e. The summed E-state index contributed by atoms with van der Waals surface area (Å²) in [4.78, 5) is 29.3. The Morgan fingerprint density at radius 1 is 0.868 bits per heavy atom. The number of hydrogen-bond donors (Lipinski definition) is 1. The van der Waals surface area contributed by atoms with Crippen molar-refractivity contribution in [1.82, 2.24) is 10.2 Å². The summed E-state index contributed by atoms with van der Waals surface area (Å²) in [5.41, 5.74) is 5.44. The molecular formula is C33H40N2O3. The van der Waals surface area contributed by atoms with Crippen LogP contribution in [0.4, 0.5) is 0 Å². The summed E-state index contributed by atoms with van der Waals surface area (Å²) in [6, 6.07) is 23.4. The standard InChI is InChI=1S/C33H40N2O3/c1-24-14-17-28(18-15-24)22-35(32(36)23-38-30-19-16-25(2)26(3)20-30)31(21-27-10-6-4-7-11-27)33(37)34-29-12-8-5-9-13-29/h4,6-7,10-11,14-20,29,31H,5,8-9,12-13,21-23H2,1-3H3,(H,34,37)/t31-/m1/s1. The average molecular weight is 513 g/mol.